The van der Waals surface area contributed by atoms with E-state index >= 15 is 0 Å². The largest absolute Gasteiger partial charge is 0.465 e. The topological polar surface area (TPSA) is 81.7 Å². The molecule has 0 heterocycles. The highest BCUT2D eigenvalue weighted by molar-refractivity contribution is 7.89. The van der Waals surface area contributed by atoms with Crippen molar-refractivity contribution in [3.8, 4) is 0 Å². The first-order valence-corrected chi connectivity index (χ1v) is 9.81. The predicted octanol–water partition coefficient (Wildman–Crippen LogP) is 2.49. The normalized spacial score (nSPS) is 16.0. The van der Waals surface area contributed by atoms with E-state index in [1.165, 1.54) is 50.6 Å². The Bertz CT molecular complexity index is 621. The number of sulfonamides is 1. The molecule has 1 saturated carbocycles. The molecule has 0 aliphatic heterocycles. The third kappa shape index (κ3) is 5.58. The van der Waals surface area contributed by atoms with Gasteiger partial charge in [-0.15, -0.1) is 0 Å². The number of hydrogen-bond acceptors (Lipinski definition) is 5. The van der Waals surface area contributed by atoms with Crippen molar-refractivity contribution >= 4 is 16.0 Å². The fraction of sp³-hybridized carbons (Fsp3) is 0.588. The number of methoxy groups -OCH3 is 1. The van der Waals surface area contributed by atoms with E-state index in [1.54, 1.807) is 0 Å². The van der Waals surface area contributed by atoms with E-state index in [4.69, 9.17) is 4.74 Å². The maximum absolute atomic E-state index is 12.2. The van der Waals surface area contributed by atoms with Crippen LogP contribution >= 0.6 is 0 Å². The summed E-state index contributed by atoms with van der Waals surface area (Å²) in [5, 5.41) is 0. The maximum Gasteiger partial charge on any atom is 0.337 e. The van der Waals surface area contributed by atoms with E-state index in [2.05, 4.69) is 9.46 Å². The van der Waals surface area contributed by atoms with E-state index in [9.17, 15) is 13.2 Å². The van der Waals surface area contributed by atoms with E-state index < -0.39 is 16.0 Å². The molecule has 0 saturated heterocycles. The minimum atomic E-state index is -3.57. The minimum Gasteiger partial charge on any atom is -0.465 e. The van der Waals surface area contributed by atoms with Crippen LogP contribution in [0.1, 0.15) is 48.9 Å². The summed E-state index contributed by atoms with van der Waals surface area (Å²) in [5.74, 6) is -0.494. The van der Waals surface area contributed by atoms with Crippen molar-refractivity contribution in [3.63, 3.8) is 0 Å². The van der Waals surface area contributed by atoms with Gasteiger partial charge in [-0.25, -0.2) is 17.9 Å². The minimum absolute atomic E-state index is 0.128. The molecular formula is C17H25NO5S. The summed E-state index contributed by atoms with van der Waals surface area (Å²) in [6, 6.07) is 5.67. The Labute approximate surface area is 143 Å². The zero-order valence-corrected chi connectivity index (χ0v) is 14.8. The van der Waals surface area contributed by atoms with Crippen molar-refractivity contribution < 1.29 is 22.7 Å². The van der Waals surface area contributed by atoms with Gasteiger partial charge in [0.15, 0.2) is 0 Å². The lowest BCUT2D eigenvalue weighted by atomic mass is 9.98. The van der Waals surface area contributed by atoms with Gasteiger partial charge in [-0.2, -0.15) is 0 Å². The average Bonchev–Trinajstić information content (AvgIpc) is 2.61. The van der Waals surface area contributed by atoms with Crippen LogP contribution in [0.15, 0.2) is 29.2 Å². The Morgan fingerprint density at radius 3 is 2.46 bits per heavy atom. The molecule has 0 spiro atoms. The summed E-state index contributed by atoms with van der Waals surface area (Å²) in [4.78, 5) is 11.5. The van der Waals surface area contributed by atoms with Crippen LogP contribution in [-0.2, 0) is 19.5 Å². The van der Waals surface area contributed by atoms with Gasteiger partial charge in [0.25, 0.3) is 0 Å². The summed E-state index contributed by atoms with van der Waals surface area (Å²) in [7, 11) is -2.29. The van der Waals surface area contributed by atoms with Gasteiger partial charge in [-0.1, -0.05) is 19.3 Å². The van der Waals surface area contributed by atoms with Crippen LogP contribution in [0, 0.1) is 0 Å². The van der Waals surface area contributed by atoms with Gasteiger partial charge in [0.1, 0.15) is 0 Å². The van der Waals surface area contributed by atoms with E-state index in [0.717, 1.165) is 12.8 Å². The number of hydrogen-bond donors (Lipinski definition) is 1. The van der Waals surface area contributed by atoms with Gasteiger partial charge in [-0.3, -0.25) is 0 Å². The monoisotopic (exact) mass is 355 g/mol. The highest BCUT2D eigenvalue weighted by atomic mass is 32.2. The fourth-order valence-electron chi connectivity index (χ4n) is 2.73. The van der Waals surface area contributed by atoms with Gasteiger partial charge >= 0.3 is 5.97 Å². The Hall–Kier alpha value is -1.44. The highest BCUT2D eigenvalue weighted by Crippen LogP contribution is 2.20. The molecule has 0 atom stereocenters. The van der Waals surface area contributed by atoms with Crippen molar-refractivity contribution in [2.75, 3.05) is 20.3 Å². The lowest BCUT2D eigenvalue weighted by Gasteiger charge is -2.21. The number of benzene rings is 1. The van der Waals surface area contributed by atoms with Crippen LogP contribution in [0.25, 0.3) is 0 Å². The molecule has 7 heteroatoms. The van der Waals surface area contributed by atoms with Crippen LogP contribution in [0.2, 0.25) is 0 Å². The van der Waals surface area contributed by atoms with Crippen molar-refractivity contribution in [2.45, 2.75) is 49.5 Å². The molecule has 0 unspecified atom stereocenters. The Kier molecular flexibility index (Phi) is 7.20. The molecule has 1 aliphatic rings. The molecule has 1 fully saturated rings. The number of nitrogens with one attached hydrogen (secondary N) is 1. The molecule has 1 aliphatic carbocycles. The molecule has 0 radical (unpaired) electrons. The molecule has 1 N–H and O–H groups in total. The summed E-state index contributed by atoms with van der Waals surface area (Å²) in [6.07, 6.45) is 6.92. The van der Waals surface area contributed by atoms with Crippen LogP contribution in [0.5, 0.6) is 0 Å². The number of ether oxygens (including phenoxy) is 2. The third-order valence-electron chi connectivity index (χ3n) is 4.10. The Balaban J connectivity index is 1.75. The smallest absolute Gasteiger partial charge is 0.337 e. The quantitative estimate of drug-likeness (QED) is 0.572. The van der Waals surface area contributed by atoms with Gasteiger partial charge in [0, 0.05) is 13.2 Å². The van der Waals surface area contributed by atoms with Crippen molar-refractivity contribution in [2.24, 2.45) is 0 Å². The van der Waals surface area contributed by atoms with Crippen LogP contribution < -0.4 is 4.72 Å². The summed E-state index contributed by atoms with van der Waals surface area (Å²) >= 11 is 0. The molecule has 2 rings (SSSR count). The predicted molar refractivity (Wildman–Crippen MR) is 90.4 cm³/mol. The molecule has 24 heavy (non-hydrogen) atoms. The molecule has 1 aromatic rings. The molecule has 1 aromatic carbocycles. The van der Waals surface area contributed by atoms with Crippen molar-refractivity contribution in [3.05, 3.63) is 29.8 Å². The maximum atomic E-state index is 12.2. The van der Waals surface area contributed by atoms with Gasteiger partial charge < -0.3 is 9.47 Å². The second-order valence-corrected chi connectivity index (χ2v) is 7.67. The molecule has 6 nitrogen and oxygen atoms in total. The zero-order chi connectivity index (χ0) is 17.4. The molecule has 0 bridgehead atoms. The molecule has 0 aromatic heterocycles. The fourth-order valence-corrected chi connectivity index (χ4v) is 3.81. The third-order valence-corrected chi connectivity index (χ3v) is 5.58. The number of rotatable bonds is 8. The van der Waals surface area contributed by atoms with E-state index in [-0.39, 0.29) is 4.90 Å². The number of carbonyl (C=O) groups excluding carboxylic acids is 1. The average molecular weight is 355 g/mol. The van der Waals surface area contributed by atoms with Crippen LogP contribution in [0.4, 0.5) is 0 Å². The Morgan fingerprint density at radius 2 is 1.83 bits per heavy atom. The molecule has 134 valence electrons. The second-order valence-electron chi connectivity index (χ2n) is 5.90. The molecular weight excluding hydrogens is 330 g/mol. The second kappa shape index (κ2) is 9.15. The lowest BCUT2D eigenvalue weighted by Crippen LogP contribution is -2.26. The lowest BCUT2D eigenvalue weighted by molar-refractivity contribution is 0.0278. The zero-order valence-electron chi connectivity index (χ0n) is 14.0. The summed E-state index contributed by atoms with van der Waals surface area (Å²) < 4.78 is 37.3. The first-order chi connectivity index (χ1) is 11.5. The summed E-state index contributed by atoms with van der Waals surface area (Å²) in [6.45, 7) is 0.891. The van der Waals surface area contributed by atoms with Crippen molar-refractivity contribution in [1.29, 1.82) is 0 Å². The SMILES string of the molecule is COC(=O)c1ccc(S(=O)(=O)NCCCOC2CCCCC2)cc1. The van der Waals surface area contributed by atoms with E-state index in [0.29, 0.717) is 31.2 Å². The highest BCUT2D eigenvalue weighted by Gasteiger charge is 2.16. The Morgan fingerprint density at radius 1 is 1.17 bits per heavy atom. The molecule has 0 amide bonds. The number of carbonyl (C=O) groups is 1. The standard InChI is InChI=1S/C17H25NO5S/c1-22-17(19)14-8-10-16(11-9-14)24(20,21)18-12-5-13-23-15-6-3-2-4-7-15/h8-11,15,18H,2-7,12-13H2,1H3. The first-order valence-electron chi connectivity index (χ1n) is 8.32. The van der Waals surface area contributed by atoms with Crippen LogP contribution in [0.3, 0.4) is 0 Å². The van der Waals surface area contributed by atoms with E-state index in [1.807, 2.05) is 0 Å². The van der Waals surface area contributed by atoms with Gasteiger partial charge in [0.2, 0.25) is 10.0 Å². The van der Waals surface area contributed by atoms with Gasteiger partial charge in [-0.05, 0) is 43.5 Å². The van der Waals surface area contributed by atoms with Crippen LogP contribution in [-0.4, -0.2) is 40.8 Å². The summed E-state index contributed by atoms with van der Waals surface area (Å²) in [5.41, 5.74) is 0.317. The first kappa shape index (κ1) is 18.9. The van der Waals surface area contributed by atoms with Gasteiger partial charge in [0.05, 0.1) is 23.7 Å². The number of esters is 1. The van der Waals surface area contributed by atoms with Crippen molar-refractivity contribution in [1.82, 2.24) is 4.72 Å².